The highest BCUT2D eigenvalue weighted by Gasteiger charge is 2.28. The van der Waals surface area contributed by atoms with Crippen molar-refractivity contribution in [3.63, 3.8) is 0 Å². The van der Waals surface area contributed by atoms with Gasteiger partial charge >= 0.3 is 0 Å². The number of thiophene rings is 1. The number of hydrogen-bond donors (Lipinski definition) is 0. The van der Waals surface area contributed by atoms with Crippen molar-refractivity contribution in [3.8, 4) is 5.69 Å². The van der Waals surface area contributed by atoms with Crippen molar-refractivity contribution < 1.29 is 18.4 Å². The average molecular weight is 443 g/mol. The maximum Gasteiger partial charge on any atom is 0.268 e. The summed E-state index contributed by atoms with van der Waals surface area (Å²) in [6.45, 7) is 2.87. The molecule has 0 atom stereocenters. The lowest BCUT2D eigenvalue weighted by atomic mass is 10.1. The van der Waals surface area contributed by atoms with Gasteiger partial charge in [-0.3, -0.25) is 19.0 Å². The first-order valence-corrected chi connectivity index (χ1v) is 10.5. The number of pyridine rings is 1. The van der Waals surface area contributed by atoms with E-state index in [1.807, 2.05) is 11.4 Å². The molecule has 9 heteroatoms. The number of benzene rings is 1. The molecule has 6 nitrogen and oxygen atoms in total. The van der Waals surface area contributed by atoms with Crippen molar-refractivity contribution in [3.05, 3.63) is 86.0 Å². The van der Waals surface area contributed by atoms with Crippen LogP contribution in [0.15, 0.2) is 52.8 Å². The molecule has 1 aromatic carbocycles. The minimum absolute atomic E-state index is 0.0816. The smallest absolute Gasteiger partial charge is 0.268 e. The SMILES string of the molecule is Cc1ccn(-c2cc(F)ccc2F)c(=O)c1C(=O)N1CCN(C(=O)c2cccs2)CC1. The number of piperazine rings is 1. The fraction of sp³-hybridized carbons (Fsp3) is 0.227. The summed E-state index contributed by atoms with van der Waals surface area (Å²) in [7, 11) is 0. The van der Waals surface area contributed by atoms with E-state index >= 15 is 0 Å². The quantitative estimate of drug-likeness (QED) is 0.625. The summed E-state index contributed by atoms with van der Waals surface area (Å²) < 4.78 is 28.7. The summed E-state index contributed by atoms with van der Waals surface area (Å²) in [6, 6.07) is 7.89. The molecule has 1 aliphatic heterocycles. The zero-order valence-electron chi connectivity index (χ0n) is 16.7. The van der Waals surface area contributed by atoms with Gasteiger partial charge in [-0.1, -0.05) is 6.07 Å². The molecule has 4 rings (SSSR count). The van der Waals surface area contributed by atoms with Gasteiger partial charge in [-0.2, -0.15) is 0 Å². The molecular weight excluding hydrogens is 424 g/mol. The van der Waals surface area contributed by atoms with Crippen LogP contribution >= 0.6 is 11.3 Å². The molecular formula is C22H19F2N3O3S. The highest BCUT2D eigenvalue weighted by atomic mass is 32.1. The normalized spacial score (nSPS) is 14.0. The molecule has 0 saturated carbocycles. The first-order chi connectivity index (χ1) is 14.9. The Morgan fingerprint density at radius 2 is 1.65 bits per heavy atom. The maximum absolute atomic E-state index is 14.2. The number of amides is 2. The van der Waals surface area contributed by atoms with Gasteiger partial charge in [0.2, 0.25) is 0 Å². The third-order valence-electron chi connectivity index (χ3n) is 5.27. The molecule has 160 valence electrons. The van der Waals surface area contributed by atoms with Crippen LogP contribution in [0, 0.1) is 18.6 Å². The van der Waals surface area contributed by atoms with Crippen LogP contribution in [0.5, 0.6) is 0 Å². The Balaban J connectivity index is 1.57. The molecule has 1 fully saturated rings. The van der Waals surface area contributed by atoms with Crippen molar-refractivity contribution >= 4 is 23.2 Å². The molecule has 2 aromatic heterocycles. The third kappa shape index (κ3) is 4.00. The minimum atomic E-state index is -0.772. The lowest BCUT2D eigenvalue weighted by molar-refractivity contribution is 0.0536. The van der Waals surface area contributed by atoms with Gasteiger partial charge in [0.25, 0.3) is 17.4 Å². The molecule has 1 aliphatic rings. The van der Waals surface area contributed by atoms with Crippen LogP contribution in [0.1, 0.15) is 25.6 Å². The molecule has 1 saturated heterocycles. The topological polar surface area (TPSA) is 62.6 Å². The standard InChI is InChI=1S/C22H19F2N3O3S/c1-14-6-7-27(17-13-15(23)4-5-16(17)24)22(30)19(14)21(29)26-10-8-25(9-11-26)20(28)18-3-2-12-31-18/h2-7,12-13H,8-11H2,1H3. The highest BCUT2D eigenvalue weighted by molar-refractivity contribution is 7.12. The third-order valence-corrected chi connectivity index (χ3v) is 6.13. The molecule has 0 spiro atoms. The Labute approximate surface area is 180 Å². The number of carbonyl (C=O) groups excluding carboxylic acids is 2. The Kier molecular flexibility index (Phi) is 5.69. The second-order valence-electron chi connectivity index (χ2n) is 7.21. The highest BCUT2D eigenvalue weighted by Crippen LogP contribution is 2.17. The van der Waals surface area contributed by atoms with Crippen molar-refractivity contribution in [2.24, 2.45) is 0 Å². The van der Waals surface area contributed by atoms with Crippen molar-refractivity contribution in [2.75, 3.05) is 26.2 Å². The molecule has 0 N–H and O–H groups in total. The fourth-order valence-corrected chi connectivity index (χ4v) is 4.26. The van der Waals surface area contributed by atoms with E-state index in [2.05, 4.69) is 0 Å². The van der Waals surface area contributed by atoms with Gasteiger partial charge in [0.15, 0.2) is 0 Å². The van der Waals surface area contributed by atoms with E-state index in [1.54, 1.807) is 17.9 Å². The first kappa shape index (κ1) is 20.9. The second-order valence-corrected chi connectivity index (χ2v) is 8.15. The molecule has 0 radical (unpaired) electrons. The molecule has 0 bridgehead atoms. The zero-order chi connectivity index (χ0) is 22.1. The maximum atomic E-state index is 14.2. The van der Waals surface area contributed by atoms with Crippen LogP contribution < -0.4 is 5.56 Å². The molecule has 3 aromatic rings. The molecule has 0 unspecified atom stereocenters. The Bertz CT molecular complexity index is 1200. The van der Waals surface area contributed by atoms with E-state index in [0.717, 1.165) is 22.8 Å². The van der Waals surface area contributed by atoms with Gasteiger partial charge in [0, 0.05) is 38.4 Å². The van der Waals surface area contributed by atoms with Crippen molar-refractivity contribution in [1.29, 1.82) is 0 Å². The Morgan fingerprint density at radius 1 is 0.968 bits per heavy atom. The van der Waals surface area contributed by atoms with Gasteiger partial charge < -0.3 is 9.80 Å². The lowest BCUT2D eigenvalue weighted by Gasteiger charge is -2.34. The first-order valence-electron chi connectivity index (χ1n) is 9.66. The fourth-order valence-electron chi connectivity index (χ4n) is 3.57. The number of halogens is 2. The molecule has 3 heterocycles. The van der Waals surface area contributed by atoms with Crippen LogP contribution in [-0.4, -0.2) is 52.4 Å². The van der Waals surface area contributed by atoms with E-state index < -0.39 is 23.1 Å². The van der Waals surface area contributed by atoms with Gasteiger partial charge in [0.05, 0.1) is 10.6 Å². The van der Waals surface area contributed by atoms with E-state index in [9.17, 15) is 23.2 Å². The summed E-state index contributed by atoms with van der Waals surface area (Å²) >= 11 is 1.36. The number of rotatable bonds is 3. The van der Waals surface area contributed by atoms with E-state index in [0.29, 0.717) is 23.5 Å². The number of hydrogen-bond acceptors (Lipinski definition) is 4. The van der Waals surface area contributed by atoms with Crippen molar-refractivity contribution in [2.45, 2.75) is 6.92 Å². The monoisotopic (exact) mass is 443 g/mol. The number of carbonyl (C=O) groups is 2. The molecule has 2 amide bonds. The summed E-state index contributed by atoms with van der Waals surface area (Å²) in [4.78, 5) is 42.5. The summed E-state index contributed by atoms with van der Waals surface area (Å²) in [5.41, 5.74) is -0.624. The van der Waals surface area contributed by atoms with Crippen LogP contribution in [0.4, 0.5) is 8.78 Å². The van der Waals surface area contributed by atoms with Crippen LogP contribution in [0.25, 0.3) is 5.69 Å². The lowest BCUT2D eigenvalue weighted by Crippen LogP contribution is -2.51. The zero-order valence-corrected chi connectivity index (χ0v) is 17.5. The van der Waals surface area contributed by atoms with Crippen LogP contribution in [0.3, 0.4) is 0 Å². The number of nitrogens with zero attached hydrogens (tertiary/aromatic N) is 3. The van der Waals surface area contributed by atoms with Crippen LogP contribution in [0.2, 0.25) is 0 Å². The van der Waals surface area contributed by atoms with Crippen molar-refractivity contribution in [1.82, 2.24) is 14.4 Å². The van der Waals surface area contributed by atoms with E-state index in [4.69, 9.17) is 0 Å². The molecule has 0 aliphatic carbocycles. The van der Waals surface area contributed by atoms with E-state index in [1.165, 1.54) is 28.5 Å². The minimum Gasteiger partial charge on any atom is -0.335 e. The second kappa shape index (κ2) is 8.43. The number of aromatic nitrogens is 1. The van der Waals surface area contributed by atoms with Gasteiger partial charge in [-0.25, -0.2) is 8.78 Å². The molecule has 31 heavy (non-hydrogen) atoms. The summed E-state index contributed by atoms with van der Waals surface area (Å²) in [5, 5.41) is 1.83. The number of aryl methyl sites for hydroxylation is 1. The van der Waals surface area contributed by atoms with Gasteiger partial charge in [0.1, 0.15) is 17.2 Å². The van der Waals surface area contributed by atoms with Gasteiger partial charge in [-0.15, -0.1) is 11.3 Å². The Hall–Kier alpha value is -3.33. The van der Waals surface area contributed by atoms with Crippen LogP contribution in [-0.2, 0) is 0 Å². The Morgan fingerprint density at radius 3 is 2.29 bits per heavy atom. The average Bonchev–Trinajstić information content (AvgIpc) is 3.30. The summed E-state index contributed by atoms with van der Waals surface area (Å²) in [6.07, 6.45) is 1.32. The largest absolute Gasteiger partial charge is 0.335 e. The predicted octanol–water partition coefficient (Wildman–Crippen LogP) is 3.08. The summed E-state index contributed by atoms with van der Waals surface area (Å²) in [5.74, 6) is -2.03. The predicted molar refractivity (Wildman–Crippen MR) is 113 cm³/mol. The van der Waals surface area contributed by atoms with Gasteiger partial charge in [-0.05, 0) is 42.1 Å². The van der Waals surface area contributed by atoms with E-state index in [-0.39, 0.29) is 30.2 Å².